The molecule has 19 heteroatoms. The van der Waals surface area contributed by atoms with Crippen molar-refractivity contribution in [3.05, 3.63) is 67.4 Å². The van der Waals surface area contributed by atoms with Crippen LogP contribution in [0.4, 0.5) is 0 Å². The van der Waals surface area contributed by atoms with Gasteiger partial charge in [0.25, 0.3) is 0 Å². The van der Waals surface area contributed by atoms with Crippen molar-refractivity contribution in [1.29, 1.82) is 0 Å². The van der Waals surface area contributed by atoms with E-state index in [1.807, 2.05) is 0 Å². The molecule has 19 nitrogen and oxygen atoms in total. The van der Waals surface area contributed by atoms with Crippen LogP contribution in [0.15, 0.2) is 33.0 Å². The molecule has 2 heterocycles. The van der Waals surface area contributed by atoms with Crippen molar-refractivity contribution in [2.24, 2.45) is 27.1 Å². The number of methoxy groups -OCH3 is 2. The lowest BCUT2D eigenvalue weighted by Crippen LogP contribution is -2.31. The Morgan fingerprint density at radius 3 is 1.43 bits per heavy atom. The Hall–Kier alpha value is -7.70. The van der Waals surface area contributed by atoms with E-state index in [9.17, 15) is 38.4 Å². The smallest absolute Gasteiger partial charge is 0.342 e. The van der Waals surface area contributed by atoms with Gasteiger partial charge in [-0.25, -0.2) is 9.59 Å². The Morgan fingerprint density at radius 2 is 0.986 bits per heavy atom. The molecule has 0 N–H and O–H groups in total. The maximum absolute atomic E-state index is 15.3. The Bertz CT molecular complexity index is 3210. The molecule has 0 saturated heterocycles. The van der Waals surface area contributed by atoms with Crippen LogP contribution < -0.4 is 29.1 Å². The molecule has 0 unspecified atom stereocenters. The number of fused-ring (bicyclic) bond motifs is 3. The van der Waals surface area contributed by atoms with Gasteiger partial charge in [-0.15, -0.1) is 0 Å². The van der Waals surface area contributed by atoms with E-state index in [2.05, 4.69) is 0 Å². The van der Waals surface area contributed by atoms with Gasteiger partial charge in [-0.3, -0.25) is 38.4 Å². The van der Waals surface area contributed by atoms with E-state index in [4.69, 9.17) is 42.3 Å². The number of carbonyl (C=O) groups is 9. The van der Waals surface area contributed by atoms with Crippen molar-refractivity contribution in [3.8, 4) is 28.7 Å². The zero-order chi connectivity index (χ0) is 56.3. The first-order valence-corrected chi connectivity index (χ1v) is 23.3. The Kier molecular flexibility index (Phi) is 15.4. The summed E-state index contributed by atoms with van der Waals surface area (Å²) in [4.78, 5) is 140. The minimum absolute atomic E-state index is 0.0176. The molecular weight excluding hydrogens is 965 g/mol. The van der Waals surface area contributed by atoms with Crippen LogP contribution in [0.25, 0.3) is 27.7 Å². The molecular formula is C55H62O19. The van der Waals surface area contributed by atoms with Crippen LogP contribution in [0.5, 0.6) is 28.7 Å². The van der Waals surface area contributed by atoms with Crippen LogP contribution in [0.2, 0.25) is 0 Å². The first kappa shape index (κ1) is 57.2. The second kappa shape index (κ2) is 20.0. The molecule has 0 bridgehead atoms. The monoisotopic (exact) mass is 1030 g/mol. The molecule has 0 aliphatic carbocycles. The van der Waals surface area contributed by atoms with Crippen LogP contribution in [0, 0.1) is 34.0 Å². The quantitative estimate of drug-likeness (QED) is 0.0287. The molecule has 0 spiro atoms. The van der Waals surface area contributed by atoms with E-state index >= 15 is 9.59 Å². The van der Waals surface area contributed by atoms with Crippen LogP contribution in [-0.2, 0) is 38.2 Å². The SMILES string of the molecule is COC(=O)c1c(OC(=O)C(C)(C)C)c(OC(=O)C(C)(C)C)cc2c1C(=O)/C(=C(\OC(=O)C(C)(C)C)c1cc3c(=O)c4c(C(=O)OC)c(OC(=O)C(C)(C)C)c(OC(=O)C(C)(C)C)cc4oc3c(C(C)=O)c1C)CO2. The predicted octanol–water partition coefficient (Wildman–Crippen LogP) is 9.41. The normalized spacial score (nSPS) is 13.8. The average molecular weight is 1030 g/mol. The molecule has 0 atom stereocenters. The van der Waals surface area contributed by atoms with Gasteiger partial charge < -0.3 is 42.3 Å². The van der Waals surface area contributed by atoms with Crippen LogP contribution in [0.3, 0.4) is 0 Å². The number of esters is 7. The summed E-state index contributed by atoms with van der Waals surface area (Å²) in [5.74, 6) is -11.9. The topological polar surface area (TPSA) is 258 Å². The third kappa shape index (κ3) is 11.3. The molecule has 1 aliphatic heterocycles. The van der Waals surface area contributed by atoms with Crippen LogP contribution in [0.1, 0.15) is 163 Å². The van der Waals surface area contributed by atoms with Crippen LogP contribution in [-0.4, -0.2) is 74.2 Å². The number of carbonyl (C=O) groups excluding carboxylic acids is 9. The fourth-order valence-electron chi connectivity index (χ4n) is 6.82. The number of hydrogen-bond donors (Lipinski definition) is 0. The van der Waals surface area contributed by atoms with E-state index < -0.39 is 160 Å². The molecule has 1 aliphatic rings. The maximum atomic E-state index is 15.3. The van der Waals surface area contributed by atoms with E-state index in [1.165, 1.54) is 69.2 Å². The van der Waals surface area contributed by atoms with Crippen LogP contribution >= 0.6 is 0 Å². The average Bonchev–Trinajstić information content (AvgIpc) is 3.26. The van der Waals surface area contributed by atoms with E-state index in [0.717, 1.165) is 39.3 Å². The summed E-state index contributed by atoms with van der Waals surface area (Å²) in [5, 5.41) is -0.997. The number of ketones is 2. The van der Waals surface area contributed by atoms with Gasteiger partial charge in [-0.05, 0) is 129 Å². The minimum Gasteiger partial charge on any atom is -0.488 e. The fraction of sp³-hybridized carbons (Fsp3) is 0.455. The van der Waals surface area contributed by atoms with Crippen molar-refractivity contribution in [1.82, 2.24) is 0 Å². The molecule has 1 aromatic heterocycles. The zero-order valence-corrected chi connectivity index (χ0v) is 45.2. The van der Waals surface area contributed by atoms with Gasteiger partial charge >= 0.3 is 41.8 Å². The standard InChI is InChI=1S/C55H62O19/c1-24-26(20-27-38(57)35-30(69-41(27)33(24)25(2)56)22-32(71-47(62)52(6,7)8)43(37(35)45(60)67-19)74-50(65)55(15,16)17)40(72-48(63)53(9,10)11)28-23-68-29-21-31(70-46(61)51(3,4)5)42(73-49(64)54(12,13)14)36(44(59)66-18)34(29)39(28)58/h20-22H,23H2,1-19H3/b40-28-. The van der Waals surface area contributed by atoms with Gasteiger partial charge in [0.05, 0.1) is 68.8 Å². The summed E-state index contributed by atoms with van der Waals surface area (Å²) >= 11 is 0. The highest BCUT2D eigenvalue weighted by Crippen LogP contribution is 2.47. The summed E-state index contributed by atoms with van der Waals surface area (Å²) < 4.78 is 51.7. The Labute approximate surface area is 427 Å². The lowest BCUT2D eigenvalue weighted by molar-refractivity contribution is -0.145. The van der Waals surface area contributed by atoms with Gasteiger partial charge in [0.1, 0.15) is 40.4 Å². The first-order valence-electron chi connectivity index (χ1n) is 23.3. The second-order valence-corrected chi connectivity index (χ2v) is 22.8. The van der Waals surface area contributed by atoms with Crippen molar-refractivity contribution >= 4 is 81.0 Å². The molecule has 74 heavy (non-hydrogen) atoms. The van der Waals surface area contributed by atoms with Crippen molar-refractivity contribution in [3.63, 3.8) is 0 Å². The van der Waals surface area contributed by atoms with Crippen molar-refractivity contribution in [2.75, 3.05) is 20.8 Å². The second-order valence-electron chi connectivity index (χ2n) is 22.8. The van der Waals surface area contributed by atoms with Crippen molar-refractivity contribution in [2.45, 2.75) is 118 Å². The Balaban J connectivity index is 2.00. The minimum atomic E-state index is -1.28. The third-order valence-electron chi connectivity index (χ3n) is 11.2. The number of ether oxygens (including phenoxy) is 8. The van der Waals surface area contributed by atoms with Gasteiger partial charge in [0.2, 0.25) is 11.2 Å². The summed E-state index contributed by atoms with van der Waals surface area (Å²) in [5.41, 5.74) is -10.8. The first-order chi connectivity index (χ1) is 33.8. The highest BCUT2D eigenvalue weighted by atomic mass is 16.6. The largest absolute Gasteiger partial charge is 0.488 e. The van der Waals surface area contributed by atoms with Crippen molar-refractivity contribution < 1.29 is 85.5 Å². The zero-order valence-electron chi connectivity index (χ0n) is 45.2. The highest BCUT2D eigenvalue weighted by Gasteiger charge is 2.42. The van der Waals surface area contributed by atoms with Gasteiger partial charge in [-0.1, -0.05) is 0 Å². The Morgan fingerprint density at radius 1 is 0.554 bits per heavy atom. The molecule has 0 saturated carbocycles. The molecule has 5 rings (SSSR count). The number of Topliss-reactive ketones (excluding diaryl/α,β-unsaturated/α-hetero) is 2. The summed E-state index contributed by atoms with van der Waals surface area (Å²) in [6, 6.07) is 3.28. The highest BCUT2D eigenvalue weighted by molar-refractivity contribution is 6.22. The number of benzene rings is 3. The molecule has 0 radical (unpaired) electrons. The maximum Gasteiger partial charge on any atom is 0.342 e. The van der Waals surface area contributed by atoms with Gasteiger partial charge in [0.15, 0.2) is 28.8 Å². The van der Waals surface area contributed by atoms with Gasteiger partial charge in [0, 0.05) is 17.7 Å². The summed E-state index contributed by atoms with van der Waals surface area (Å²) in [7, 11) is 1.97. The molecule has 396 valence electrons. The lowest BCUT2D eigenvalue weighted by Gasteiger charge is -2.28. The van der Waals surface area contributed by atoms with Gasteiger partial charge in [-0.2, -0.15) is 0 Å². The lowest BCUT2D eigenvalue weighted by atomic mass is 9.88. The predicted molar refractivity (Wildman–Crippen MR) is 267 cm³/mol. The fourth-order valence-corrected chi connectivity index (χ4v) is 6.82. The number of rotatable bonds is 9. The molecule has 3 aromatic carbocycles. The number of hydrogen-bond acceptors (Lipinski definition) is 19. The summed E-state index contributed by atoms with van der Waals surface area (Å²) in [6.07, 6.45) is 0. The summed E-state index contributed by atoms with van der Waals surface area (Å²) in [6.45, 7) is 24.7. The third-order valence-corrected chi connectivity index (χ3v) is 11.2. The van der Waals surface area contributed by atoms with E-state index in [0.29, 0.717) is 0 Å². The molecule has 0 amide bonds. The van der Waals surface area contributed by atoms with E-state index in [1.54, 1.807) is 41.5 Å². The molecule has 4 aromatic rings. The van der Waals surface area contributed by atoms with E-state index in [-0.39, 0.29) is 28.0 Å². The molecule has 0 fully saturated rings.